The Morgan fingerprint density at radius 2 is 2.04 bits per heavy atom. The fourth-order valence-electron chi connectivity index (χ4n) is 3.30. The van der Waals surface area contributed by atoms with Gasteiger partial charge in [0.25, 0.3) is 0 Å². The normalized spacial score (nSPS) is 28.5. The average Bonchev–Trinajstić information content (AvgIpc) is 2.94. The highest BCUT2D eigenvalue weighted by atomic mass is 16.6. The molecule has 2 amide bonds. The van der Waals surface area contributed by atoms with Crippen molar-refractivity contribution in [1.29, 1.82) is 0 Å². The third kappa shape index (κ3) is 5.09. The second-order valence-electron chi connectivity index (χ2n) is 7.81. The maximum absolute atomic E-state index is 12.5. The highest BCUT2D eigenvalue weighted by Gasteiger charge is 2.36. The summed E-state index contributed by atoms with van der Waals surface area (Å²) in [5, 5.41) is 6.43. The Morgan fingerprint density at radius 3 is 2.70 bits per heavy atom. The van der Waals surface area contributed by atoms with E-state index in [0.29, 0.717) is 31.3 Å². The molecule has 6 nitrogen and oxygen atoms in total. The van der Waals surface area contributed by atoms with Gasteiger partial charge in [-0.1, -0.05) is 6.92 Å². The molecule has 3 unspecified atom stereocenters. The molecule has 2 fully saturated rings. The fourth-order valence-corrected chi connectivity index (χ4v) is 3.30. The number of nitrogens with zero attached hydrogens (tertiary/aromatic N) is 1. The van der Waals surface area contributed by atoms with Gasteiger partial charge in [-0.05, 0) is 65.0 Å². The minimum atomic E-state index is -0.536. The number of amides is 2. The molecule has 2 aliphatic rings. The van der Waals surface area contributed by atoms with E-state index in [4.69, 9.17) is 4.74 Å². The summed E-state index contributed by atoms with van der Waals surface area (Å²) in [5.41, 5.74) is -0.536. The summed E-state index contributed by atoms with van der Waals surface area (Å²) >= 11 is 0. The number of nitrogens with one attached hydrogen (secondary N) is 2. The van der Waals surface area contributed by atoms with E-state index in [1.54, 1.807) is 4.90 Å². The minimum Gasteiger partial charge on any atom is -0.444 e. The van der Waals surface area contributed by atoms with Crippen molar-refractivity contribution in [3.05, 3.63) is 0 Å². The molecule has 3 atom stereocenters. The fraction of sp³-hybridized carbons (Fsp3) is 0.882. The van der Waals surface area contributed by atoms with Crippen LogP contribution in [0.2, 0.25) is 0 Å². The van der Waals surface area contributed by atoms with Crippen molar-refractivity contribution < 1.29 is 14.3 Å². The van der Waals surface area contributed by atoms with Crippen molar-refractivity contribution in [1.82, 2.24) is 15.5 Å². The SMILES string of the molecule is CC1CNCCC1CNC(=O)C1CCCN1C(=O)OC(C)(C)C. The summed E-state index contributed by atoms with van der Waals surface area (Å²) in [6, 6.07) is -0.387. The minimum absolute atomic E-state index is 0.0425. The topological polar surface area (TPSA) is 70.7 Å². The van der Waals surface area contributed by atoms with Crippen LogP contribution < -0.4 is 10.6 Å². The second kappa shape index (κ2) is 7.51. The molecule has 2 rings (SSSR count). The standard InChI is InChI=1S/C17H31N3O3/c1-12-10-18-8-7-13(12)11-19-15(21)14-6-5-9-20(14)16(22)23-17(2,3)4/h12-14,18H,5-11H2,1-4H3,(H,19,21). The molecule has 0 aliphatic carbocycles. The van der Waals surface area contributed by atoms with Gasteiger partial charge in [0.2, 0.25) is 5.91 Å². The van der Waals surface area contributed by atoms with E-state index in [1.807, 2.05) is 20.8 Å². The van der Waals surface area contributed by atoms with Crippen molar-refractivity contribution in [2.24, 2.45) is 11.8 Å². The number of carbonyl (C=O) groups is 2. The van der Waals surface area contributed by atoms with Crippen LogP contribution in [0.4, 0.5) is 4.79 Å². The van der Waals surface area contributed by atoms with Gasteiger partial charge in [-0.25, -0.2) is 4.79 Å². The summed E-state index contributed by atoms with van der Waals surface area (Å²) < 4.78 is 5.41. The van der Waals surface area contributed by atoms with E-state index >= 15 is 0 Å². The lowest BCUT2D eigenvalue weighted by molar-refractivity contribution is -0.125. The van der Waals surface area contributed by atoms with E-state index in [1.165, 1.54) is 0 Å². The molecule has 6 heteroatoms. The van der Waals surface area contributed by atoms with Crippen LogP contribution >= 0.6 is 0 Å². The molecule has 0 spiro atoms. The van der Waals surface area contributed by atoms with Gasteiger partial charge in [-0.2, -0.15) is 0 Å². The van der Waals surface area contributed by atoms with Crippen molar-refractivity contribution >= 4 is 12.0 Å². The third-order valence-electron chi connectivity index (χ3n) is 4.68. The highest BCUT2D eigenvalue weighted by molar-refractivity contribution is 5.86. The molecule has 132 valence electrons. The van der Waals surface area contributed by atoms with Crippen LogP contribution in [0.1, 0.15) is 47.0 Å². The lowest BCUT2D eigenvalue weighted by atomic mass is 9.88. The van der Waals surface area contributed by atoms with Gasteiger partial charge >= 0.3 is 6.09 Å². The number of piperidine rings is 1. The predicted molar refractivity (Wildman–Crippen MR) is 89.1 cm³/mol. The monoisotopic (exact) mass is 325 g/mol. The molecule has 0 saturated carbocycles. The smallest absolute Gasteiger partial charge is 0.410 e. The number of rotatable bonds is 3. The van der Waals surface area contributed by atoms with Crippen LogP contribution in [0.15, 0.2) is 0 Å². The predicted octanol–water partition coefficient (Wildman–Crippen LogP) is 1.75. The molecule has 2 heterocycles. The van der Waals surface area contributed by atoms with Crippen LogP contribution in [0.25, 0.3) is 0 Å². The largest absolute Gasteiger partial charge is 0.444 e. The summed E-state index contributed by atoms with van der Waals surface area (Å²) in [7, 11) is 0. The van der Waals surface area contributed by atoms with Gasteiger partial charge in [0.05, 0.1) is 0 Å². The maximum Gasteiger partial charge on any atom is 0.410 e. The summed E-state index contributed by atoms with van der Waals surface area (Å²) in [5.74, 6) is 1.03. The number of hydrogen-bond acceptors (Lipinski definition) is 4. The first-order valence-electron chi connectivity index (χ1n) is 8.76. The number of carbonyl (C=O) groups excluding carboxylic acids is 2. The number of hydrogen-bond donors (Lipinski definition) is 2. The van der Waals surface area contributed by atoms with Gasteiger partial charge in [0.15, 0.2) is 0 Å². The van der Waals surface area contributed by atoms with Crippen LogP contribution in [0.5, 0.6) is 0 Å². The Morgan fingerprint density at radius 1 is 1.30 bits per heavy atom. The number of likely N-dealkylation sites (tertiary alicyclic amines) is 1. The molecule has 23 heavy (non-hydrogen) atoms. The van der Waals surface area contributed by atoms with Crippen molar-refractivity contribution in [2.75, 3.05) is 26.2 Å². The van der Waals surface area contributed by atoms with E-state index in [-0.39, 0.29) is 18.0 Å². The molecule has 2 saturated heterocycles. The molecule has 0 radical (unpaired) electrons. The summed E-state index contributed by atoms with van der Waals surface area (Å²) in [4.78, 5) is 26.3. The van der Waals surface area contributed by atoms with Crippen LogP contribution in [-0.2, 0) is 9.53 Å². The lowest BCUT2D eigenvalue weighted by Crippen LogP contribution is -2.49. The van der Waals surface area contributed by atoms with Crippen LogP contribution in [0.3, 0.4) is 0 Å². The first-order chi connectivity index (χ1) is 10.8. The Bertz CT molecular complexity index is 433. The Balaban J connectivity index is 1.86. The van der Waals surface area contributed by atoms with E-state index in [0.717, 1.165) is 25.9 Å². The van der Waals surface area contributed by atoms with Crippen LogP contribution in [-0.4, -0.2) is 54.7 Å². The molecular formula is C17H31N3O3. The summed E-state index contributed by atoms with van der Waals surface area (Å²) in [6.07, 6.45) is 2.26. The van der Waals surface area contributed by atoms with Crippen molar-refractivity contribution in [3.63, 3.8) is 0 Å². The Labute approximate surface area is 139 Å². The molecule has 0 aromatic rings. The molecule has 2 N–H and O–H groups in total. The van der Waals surface area contributed by atoms with Crippen molar-refractivity contribution in [2.45, 2.75) is 58.6 Å². The first kappa shape index (κ1) is 18.0. The van der Waals surface area contributed by atoms with Gasteiger partial charge < -0.3 is 15.4 Å². The van der Waals surface area contributed by atoms with Gasteiger partial charge in [0, 0.05) is 13.1 Å². The maximum atomic E-state index is 12.5. The first-order valence-corrected chi connectivity index (χ1v) is 8.76. The second-order valence-corrected chi connectivity index (χ2v) is 7.81. The molecule has 0 aromatic heterocycles. The van der Waals surface area contributed by atoms with E-state index in [9.17, 15) is 9.59 Å². The molecule has 0 aromatic carbocycles. The van der Waals surface area contributed by atoms with Gasteiger partial charge in [-0.15, -0.1) is 0 Å². The highest BCUT2D eigenvalue weighted by Crippen LogP contribution is 2.22. The molecule has 0 bridgehead atoms. The Hall–Kier alpha value is -1.30. The lowest BCUT2D eigenvalue weighted by Gasteiger charge is -2.31. The number of ether oxygens (including phenoxy) is 1. The van der Waals surface area contributed by atoms with Crippen LogP contribution in [0, 0.1) is 11.8 Å². The van der Waals surface area contributed by atoms with E-state index < -0.39 is 5.60 Å². The molecular weight excluding hydrogens is 294 g/mol. The zero-order valence-electron chi connectivity index (χ0n) is 14.9. The zero-order valence-corrected chi connectivity index (χ0v) is 14.9. The Kier molecular flexibility index (Phi) is 5.89. The third-order valence-corrected chi connectivity index (χ3v) is 4.68. The quantitative estimate of drug-likeness (QED) is 0.829. The van der Waals surface area contributed by atoms with Gasteiger partial charge in [-0.3, -0.25) is 9.69 Å². The zero-order chi connectivity index (χ0) is 17.0. The summed E-state index contributed by atoms with van der Waals surface area (Å²) in [6.45, 7) is 11.0. The molecule has 2 aliphatic heterocycles. The average molecular weight is 325 g/mol. The van der Waals surface area contributed by atoms with Crippen molar-refractivity contribution in [3.8, 4) is 0 Å². The van der Waals surface area contributed by atoms with Gasteiger partial charge in [0.1, 0.15) is 11.6 Å². The van der Waals surface area contributed by atoms with E-state index in [2.05, 4.69) is 17.6 Å².